The molecule has 2 rings (SSSR count). The zero-order chi connectivity index (χ0) is 17.9. The Hall–Kier alpha value is -2.31. The van der Waals surface area contributed by atoms with Gasteiger partial charge in [-0.1, -0.05) is 0 Å². The van der Waals surface area contributed by atoms with Crippen LogP contribution in [0.5, 0.6) is 0 Å². The summed E-state index contributed by atoms with van der Waals surface area (Å²) in [6.45, 7) is 12.4. The quantitative estimate of drug-likeness (QED) is 0.645. The van der Waals surface area contributed by atoms with Gasteiger partial charge in [-0.05, 0) is 34.6 Å². The van der Waals surface area contributed by atoms with E-state index in [9.17, 15) is 0 Å². The zero-order valence-electron chi connectivity index (χ0n) is 15.9. The first kappa shape index (κ1) is 18.0. The Labute approximate surface area is 144 Å². The minimum atomic E-state index is 0.617. The summed E-state index contributed by atoms with van der Waals surface area (Å²) in [6.07, 6.45) is 0. The molecular weight excluding hydrogens is 302 g/mol. The normalized spacial score (nSPS) is 11.9. The fraction of sp³-hybridized carbons (Fsp3) is 0.588. The van der Waals surface area contributed by atoms with Crippen LogP contribution in [0.3, 0.4) is 0 Å². The van der Waals surface area contributed by atoms with Crippen molar-refractivity contribution in [1.29, 1.82) is 0 Å². The molecule has 2 N–H and O–H groups in total. The first-order valence-electron chi connectivity index (χ1n) is 8.35. The lowest BCUT2D eigenvalue weighted by Crippen LogP contribution is -2.37. The lowest BCUT2D eigenvalue weighted by Gasteiger charge is -2.12. The maximum Gasteiger partial charge on any atom is 0.191 e. The van der Waals surface area contributed by atoms with Crippen LogP contribution in [-0.4, -0.2) is 32.1 Å². The van der Waals surface area contributed by atoms with Crippen molar-refractivity contribution in [2.75, 3.05) is 6.54 Å². The fourth-order valence-electron chi connectivity index (χ4n) is 2.79. The molecule has 2 heterocycles. The van der Waals surface area contributed by atoms with Gasteiger partial charge in [-0.3, -0.25) is 9.36 Å². The molecule has 0 atom stereocenters. The predicted molar refractivity (Wildman–Crippen MR) is 97.0 cm³/mol. The van der Waals surface area contributed by atoms with Gasteiger partial charge in [-0.25, -0.2) is 4.99 Å². The minimum absolute atomic E-state index is 0.617. The molecule has 24 heavy (non-hydrogen) atoms. The molecule has 0 saturated carbocycles. The summed E-state index contributed by atoms with van der Waals surface area (Å²) >= 11 is 0. The highest BCUT2D eigenvalue weighted by atomic mass is 15.3. The first-order valence-corrected chi connectivity index (χ1v) is 8.35. The molecular formula is C17H29N7. The summed E-state index contributed by atoms with van der Waals surface area (Å²) in [5.41, 5.74) is 6.83. The van der Waals surface area contributed by atoms with Crippen LogP contribution in [0.1, 0.15) is 40.8 Å². The lowest BCUT2D eigenvalue weighted by molar-refractivity contribution is 0.728. The molecule has 2 aromatic rings. The van der Waals surface area contributed by atoms with Gasteiger partial charge in [-0.15, -0.1) is 0 Å². The topological polar surface area (TPSA) is 72.1 Å². The second-order valence-electron chi connectivity index (χ2n) is 6.09. The summed E-state index contributed by atoms with van der Waals surface area (Å²) < 4.78 is 3.82. The third kappa shape index (κ3) is 3.77. The molecule has 0 aliphatic rings. The largest absolute Gasteiger partial charge is 0.357 e. The molecule has 0 amide bonds. The van der Waals surface area contributed by atoms with Crippen LogP contribution >= 0.6 is 0 Å². The Morgan fingerprint density at radius 2 is 1.46 bits per heavy atom. The Morgan fingerprint density at radius 3 is 1.92 bits per heavy atom. The first-order chi connectivity index (χ1) is 11.3. The fourth-order valence-corrected chi connectivity index (χ4v) is 2.79. The van der Waals surface area contributed by atoms with Crippen LogP contribution in [0.25, 0.3) is 0 Å². The average Bonchev–Trinajstić information content (AvgIpc) is 2.91. The van der Waals surface area contributed by atoms with Crippen LogP contribution in [0.2, 0.25) is 0 Å². The van der Waals surface area contributed by atoms with Gasteiger partial charge in [0, 0.05) is 49.7 Å². The van der Waals surface area contributed by atoms with E-state index in [1.54, 1.807) is 0 Å². The average molecular weight is 331 g/mol. The molecule has 132 valence electrons. The molecule has 0 radical (unpaired) electrons. The van der Waals surface area contributed by atoms with Gasteiger partial charge >= 0.3 is 0 Å². The van der Waals surface area contributed by atoms with Crippen molar-refractivity contribution in [3.05, 3.63) is 33.9 Å². The van der Waals surface area contributed by atoms with Crippen molar-refractivity contribution in [3.8, 4) is 0 Å². The number of hydrogen-bond acceptors (Lipinski definition) is 3. The molecule has 7 nitrogen and oxygen atoms in total. The Bertz CT molecular complexity index is 737. The van der Waals surface area contributed by atoms with Crippen molar-refractivity contribution in [1.82, 2.24) is 30.2 Å². The number of aromatic nitrogens is 4. The molecule has 2 aromatic heterocycles. The molecule has 0 spiro atoms. The number of rotatable bonds is 5. The maximum absolute atomic E-state index is 4.71. The minimum Gasteiger partial charge on any atom is -0.357 e. The van der Waals surface area contributed by atoms with Crippen molar-refractivity contribution in [3.63, 3.8) is 0 Å². The summed E-state index contributed by atoms with van der Waals surface area (Å²) in [4.78, 5) is 4.71. The van der Waals surface area contributed by atoms with E-state index in [-0.39, 0.29) is 0 Å². The van der Waals surface area contributed by atoms with Gasteiger partial charge in [0.15, 0.2) is 5.96 Å². The number of guanidine groups is 1. The van der Waals surface area contributed by atoms with Gasteiger partial charge in [-0.2, -0.15) is 10.2 Å². The second kappa shape index (κ2) is 7.51. The molecule has 0 aliphatic heterocycles. The molecule has 0 saturated heterocycles. The van der Waals surface area contributed by atoms with Crippen molar-refractivity contribution >= 4 is 5.96 Å². The highest BCUT2D eigenvalue weighted by Crippen LogP contribution is 2.13. The summed E-state index contributed by atoms with van der Waals surface area (Å²) in [6, 6.07) is 0. The van der Waals surface area contributed by atoms with E-state index in [0.717, 1.165) is 29.6 Å². The SMILES string of the molecule is CCNC(=NCc1c(C)nn(C)c1C)NCc1c(C)nn(C)c1C. The van der Waals surface area contributed by atoms with Crippen molar-refractivity contribution in [2.45, 2.75) is 47.7 Å². The Balaban J connectivity index is 2.11. The molecule has 0 bridgehead atoms. The highest BCUT2D eigenvalue weighted by Gasteiger charge is 2.11. The standard InChI is InChI=1S/C17H29N7/c1-8-18-17(19-9-15-11(2)21-23(6)13(15)4)20-10-16-12(3)22-24(7)14(16)5/h8-10H2,1-7H3,(H2,18,19,20). The monoisotopic (exact) mass is 331 g/mol. The number of nitrogens with zero attached hydrogens (tertiary/aromatic N) is 5. The van der Waals surface area contributed by atoms with Gasteiger partial charge in [0.2, 0.25) is 0 Å². The van der Waals surface area contributed by atoms with Crippen molar-refractivity contribution < 1.29 is 0 Å². The Morgan fingerprint density at radius 1 is 0.917 bits per heavy atom. The van der Waals surface area contributed by atoms with Crippen molar-refractivity contribution in [2.24, 2.45) is 19.1 Å². The van der Waals surface area contributed by atoms with E-state index in [1.807, 2.05) is 37.3 Å². The zero-order valence-corrected chi connectivity index (χ0v) is 15.9. The summed E-state index contributed by atoms with van der Waals surface area (Å²) in [5, 5.41) is 15.6. The molecule has 7 heteroatoms. The highest BCUT2D eigenvalue weighted by molar-refractivity contribution is 5.79. The van der Waals surface area contributed by atoms with Gasteiger partial charge < -0.3 is 10.6 Å². The van der Waals surface area contributed by atoms with E-state index in [1.165, 1.54) is 16.8 Å². The number of aliphatic imine (C=N–C) groups is 1. The third-order valence-corrected chi connectivity index (χ3v) is 4.49. The van der Waals surface area contributed by atoms with Crippen LogP contribution in [0.4, 0.5) is 0 Å². The third-order valence-electron chi connectivity index (χ3n) is 4.49. The number of hydrogen-bond donors (Lipinski definition) is 2. The van der Waals surface area contributed by atoms with E-state index in [2.05, 4.69) is 41.6 Å². The van der Waals surface area contributed by atoms with Gasteiger partial charge in [0.25, 0.3) is 0 Å². The summed E-state index contributed by atoms with van der Waals surface area (Å²) in [7, 11) is 3.94. The summed E-state index contributed by atoms with van der Waals surface area (Å²) in [5.74, 6) is 0.808. The molecule has 0 aliphatic carbocycles. The van der Waals surface area contributed by atoms with Gasteiger partial charge in [0.1, 0.15) is 0 Å². The second-order valence-corrected chi connectivity index (χ2v) is 6.09. The molecule has 0 fully saturated rings. The number of nitrogens with one attached hydrogen (secondary N) is 2. The molecule has 0 unspecified atom stereocenters. The number of aryl methyl sites for hydroxylation is 4. The Kier molecular flexibility index (Phi) is 5.64. The predicted octanol–water partition coefficient (Wildman–Crippen LogP) is 1.64. The van der Waals surface area contributed by atoms with E-state index >= 15 is 0 Å². The molecule has 0 aromatic carbocycles. The smallest absolute Gasteiger partial charge is 0.191 e. The lowest BCUT2D eigenvalue weighted by atomic mass is 10.2. The van der Waals surface area contributed by atoms with E-state index in [0.29, 0.717) is 13.1 Å². The van der Waals surface area contributed by atoms with E-state index in [4.69, 9.17) is 4.99 Å². The van der Waals surface area contributed by atoms with Crippen LogP contribution in [0.15, 0.2) is 4.99 Å². The van der Waals surface area contributed by atoms with Crippen LogP contribution < -0.4 is 10.6 Å². The van der Waals surface area contributed by atoms with Crippen LogP contribution in [-0.2, 0) is 27.2 Å². The van der Waals surface area contributed by atoms with Crippen LogP contribution in [0, 0.1) is 27.7 Å². The maximum atomic E-state index is 4.71. The van der Waals surface area contributed by atoms with Gasteiger partial charge in [0.05, 0.1) is 17.9 Å². The van der Waals surface area contributed by atoms with E-state index < -0.39 is 0 Å².